The van der Waals surface area contributed by atoms with Crippen LogP contribution in [-0.2, 0) is 13.0 Å². The van der Waals surface area contributed by atoms with Gasteiger partial charge >= 0.3 is 5.97 Å². The predicted octanol–water partition coefficient (Wildman–Crippen LogP) is 1.83. The van der Waals surface area contributed by atoms with E-state index in [1.165, 1.54) is 30.4 Å². The quantitative estimate of drug-likeness (QED) is 0.890. The van der Waals surface area contributed by atoms with Crippen molar-refractivity contribution in [1.29, 1.82) is 0 Å². The summed E-state index contributed by atoms with van der Waals surface area (Å²) in [5, 5.41) is 18.6. The molecule has 0 spiro atoms. The summed E-state index contributed by atoms with van der Waals surface area (Å²) >= 11 is 1.33. The summed E-state index contributed by atoms with van der Waals surface area (Å²) < 4.78 is 2.10. The second-order valence-electron chi connectivity index (χ2n) is 4.89. The Balaban J connectivity index is 1.87. The number of carboxylic acid groups (broad SMARTS) is 1. The van der Waals surface area contributed by atoms with Crippen LogP contribution >= 0.6 is 11.8 Å². The van der Waals surface area contributed by atoms with E-state index in [2.05, 4.69) is 19.7 Å². The fourth-order valence-corrected chi connectivity index (χ4v) is 3.14. The number of anilines is 1. The van der Waals surface area contributed by atoms with Gasteiger partial charge in [-0.15, -0.1) is 10.2 Å². The number of carbonyl (C=O) groups is 1. The highest BCUT2D eigenvalue weighted by molar-refractivity contribution is 7.99. The molecule has 0 atom stereocenters. The zero-order valence-corrected chi connectivity index (χ0v) is 12.1. The van der Waals surface area contributed by atoms with E-state index in [1.807, 2.05) is 0 Å². The minimum Gasteiger partial charge on any atom is -0.478 e. The molecule has 0 aliphatic carbocycles. The topological polar surface area (TPSA) is 107 Å². The number of rotatable bonds is 3. The maximum absolute atomic E-state index is 10.9. The van der Waals surface area contributed by atoms with Gasteiger partial charge in [0.2, 0.25) is 0 Å². The van der Waals surface area contributed by atoms with Crippen molar-refractivity contribution in [3.8, 4) is 0 Å². The van der Waals surface area contributed by atoms with Crippen LogP contribution in [0.1, 0.15) is 35.4 Å². The summed E-state index contributed by atoms with van der Waals surface area (Å²) in [4.78, 5) is 15.0. The Bertz CT molecular complexity index is 685. The van der Waals surface area contributed by atoms with Gasteiger partial charge in [0.25, 0.3) is 0 Å². The summed E-state index contributed by atoms with van der Waals surface area (Å²) in [7, 11) is 0. The Morgan fingerprint density at radius 2 is 2.19 bits per heavy atom. The normalized spacial score (nSPS) is 14.5. The van der Waals surface area contributed by atoms with Crippen molar-refractivity contribution in [3.05, 3.63) is 23.7 Å². The van der Waals surface area contributed by atoms with Crippen molar-refractivity contribution in [2.75, 3.05) is 5.73 Å². The number of aryl methyl sites for hydroxylation is 1. The molecule has 0 aromatic carbocycles. The number of fused-ring (bicyclic) bond motifs is 1. The minimum atomic E-state index is -1.04. The number of aromatic nitrogens is 4. The third kappa shape index (κ3) is 2.85. The van der Waals surface area contributed by atoms with Crippen LogP contribution in [0.5, 0.6) is 0 Å². The van der Waals surface area contributed by atoms with E-state index in [-0.39, 0.29) is 5.56 Å². The summed E-state index contributed by atoms with van der Waals surface area (Å²) in [6.07, 6.45) is 5.69. The van der Waals surface area contributed by atoms with Gasteiger partial charge in [0.1, 0.15) is 10.9 Å². The highest BCUT2D eigenvalue weighted by atomic mass is 32.2. The SMILES string of the molecule is Nc1cc(C(=O)O)cnc1Sc1nnc2n1CCCCC2. The van der Waals surface area contributed by atoms with Crippen LogP contribution in [0.25, 0.3) is 0 Å². The molecular weight excluding hydrogens is 290 g/mol. The third-order valence-corrected chi connectivity index (χ3v) is 4.41. The van der Waals surface area contributed by atoms with E-state index < -0.39 is 5.97 Å². The van der Waals surface area contributed by atoms with Crippen LogP contribution < -0.4 is 5.73 Å². The highest BCUT2D eigenvalue weighted by Crippen LogP contribution is 2.31. The molecule has 3 rings (SSSR count). The zero-order valence-electron chi connectivity index (χ0n) is 11.3. The van der Waals surface area contributed by atoms with Gasteiger partial charge in [-0.05, 0) is 30.7 Å². The van der Waals surface area contributed by atoms with Crippen molar-refractivity contribution in [3.63, 3.8) is 0 Å². The Morgan fingerprint density at radius 3 is 2.95 bits per heavy atom. The molecule has 0 fully saturated rings. The average Bonchev–Trinajstić information content (AvgIpc) is 2.69. The number of nitrogen functional groups attached to an aromatic ring is 1. The molecule has 2 aromatic rings. The fraction of sp³-hybridized carbons (Fsp3) is 0.385. The molecule has 3 heterocycles. The second kappa shape index (κ2) is 5.72. The van der Waals surface area contributed by atoms with Crippen molar-refractivity contribution in [2.45, 2.75) is 42.4 Å². The summed E-state index contributed by atoms with van der Waals surface area (Å²) in [6.45, 7) is 0.901. The van der Waals surface area contributed by atoms with Crippen molar-refractivity contribution >= 4 is 23.4 Å². The van der Waals surface area contributed by atoms with E-state index in [1.54, 1.807) is 0 Å². The lowest BCUT2D eigenvalue weighted by Gasteiger charge is -2.07. The van der Waals surface area contributed by atoms with Crippen LogP contribution in [0.4, 0.5) is 5.69 Å². The first kappa shape index (κ1) is 13.9. The van der Waals surface area contributed by atoms with E-state index in [9.17, 15) is 4.79 Å². The molecule has 8 heteroatoms. The molecule has 3 N–H and O–H groups in total. The maximum atomic E-state index is 10.9. The molecule has 1 aliphatic heterocycles. The molecule has 0 unspecified atom stereocenters. The fourth-order valence-electron chi connectivity index (χ4n) is 2.29. The van der Waals surface area contributed by atoms with Gasteiger partial charge < -0.3 is 15.4 Å². The van der Waals surface area contributed by atoms with Crippen LogP contribution in [0.3, 0.4) is 0 Å². The summed E-state index contributed by atoms with van der Waals surface area (Å²) in [5.41, 5.74) is 6.30. The first-order valence-corrected chi connectivity index (χ1v) is 7.55. The maximum Gasteiger partial charge on any atom is 0.337 e. The molecule has 2 aromatic heterocycles. The standard InChI is InChI=1S/C13H15N5O2S/c14-9-6-8(12(19)20)7-15-11(9)21-13-17-16-10-4-2-1-3-5-18(10)13/h6-7H,1-5,14H2,(H,19,20). The number of carboxylic acids is 1. The number of nitrogens with two attached hydrogens (primary N) is 1. The molecule has 0 radical (unpaired) electrons. The Morgan fingerprint density at radius 1 is 1.33 bits per heavy atom. The Kier molecular flexibility index (Phi) is 3.78. The van der Waals surface area contributed by atoms with Crippen molar-refractivity contribution in [2.24, 2.45) is 0 Å². The molecule has 0 saturated carbocycles. The van der Waals surface area contributed by atoms with E-state index in [0.717, 1.165) is 36.8 Å². The number of aromatic carboxylic acids is 1. The van der Waals surface area contributed by atoms with Crippen LogP contribution in [-0.4, -0.2) is 30.8 Å². The molecule has 0 saturated heterocycles. The lowest BCUT2D eigenvalue weighted by atomic mass is 10.2. The largest absolute Gasteiger partial charge is 0.478 e. The summed E-state index contributed by atoms with van der Waals surface area (Å²) in [5.74, 6) is -0.0437. The van der Waals surface area contributed by atoms with Crippen molar-refractivity contribution < 1.29 is 9.90 Å². The number of hydrogen-bond donors (Lipinski definition) is 2. The number of pyridine rings is 1. The molecule has 1 aliphatic rings. The number of hydrogen-bond acceptors (Lipinski definition) is 6. The van der Waals surface area contributed by atoms with Gasteiger partial charge in [-0.25, -0.2) is 9.78 Å². The smallest absolute Gasteiger partial charge is 0.337 e. The average molecular weight is 305 g/mol. The molecule has 110 valence electrons. The minimum absolute atomic E-state index is 0.0805. The molecule has 0 bridgehead atoms. The van der Waals surface area contributed by atoms with Gasteiger partial charge in [0.15, 0.2) is 5.16 Å². The van der Waals surface area contributed by atoms with Crippen LogP contribution in [0.15, 0.2) is 22.4 Å². The lowest BCUT2D eigenvalue weighted by Crippen LogP contribution is -2.04. The third-order valence-electron chi connectivity index (χ3n) is 3.39. The number of nitrogens with zero attached hydrogens (tertiary/aromatic N) is 4. The second-order valence-corrected chi connectivity index (χ2v) is 5.84. The van der Waals surface area contributed by atoms with Crippen molar-refractivity contribution in [1.82, 2.24) is 19.7 Å². The van der Waals surface area contributed by atoms with E-state index >= 15 is 0 Å². The summed E-state index contributed by atoms with van der Waals surface area (Å²) in [6, 6.07) is 1.41. The first-order valence-electron chi connectivity index (χ1n) is 6.74. The predicted molar refractivity (Wildman–Crippen MR) is 77.3 cm³/mol. The first-order chi connectivity index (χ1) is 10.1. The zero-order chi connectivity index (χ0) is 14.8. The van der Waals surface area contributed by atoms with Gasteiger partial charge in [-0.1, -0.05) is 6.42 Å². The monoisotopic (exact) mass is 305 g/mol. The van der Waals surface area contributed by atoms with Crippen LogP contribution in [0, 0.1) is 0 Å². The van der Waals surface area contributed by atoms with E-state index in [0.29, 0.717) is 10.7 Å². The van der Waals surface area contributed by atoms with Gasteiger partial charge in [-0.2, -0.15) is 0 Å². The van der Waals surface area contributed by atoms with Gasteiger partial charge in [-0.3, -0.25) is 0 Å². The molecule has 21 heavy (non-hydrogen) atoms. The van der Waals surface area contributed by atoms with Crippen LogP contribution in [0.2, 0.25) is 0 Å². The molecule has 7 nitrogen and oxygen atoms in total. The van der Waals surface area contributed by atoms with E-state index in [4.69, 9.17) is 10.8 Å². The molecular formula is C13H15N5O2S. The Labute approximate surface area is 125 Å². The lowest BCUT2D eigenvalue weighted by molar-refractivity contribution is 0.0696. The molecule has 0 amide bonds. The highest BCUT2D eigenvalue weighted by Gasteiger charge is 2.17. The van der Waals surface area contributed by atoms with Gasteiger partial charge in [0.05, 0.1) is 11.3 Å². The Hall–Kier alpha value is -2.09. The van der Waals surface area contributed by atoms with Gasteiger partial charge in [0, 0.05) is 19.2 Å².